The molecule has 1 aromatic carbocycles. The van der Waals surface area contributed by atoms with Crippen molar-refractivity contribution in [2.75, 3.05) is 0 Å². The first-order chi connectivity index (χ1) is 11.3. The van der Waals surface area contributed by atoms with Gasteiger partial charge in [-0.05, 0) is 24.3 Å². The van der Waals surface area contributed by atoms with Crippen LogP contribution in [0.3, 0.4) is 0 Å². The first kappa shape index (κ1) is 18.2. The summed E-state index contributed by atoms with van der Waals surface area (Å²) in [7, 11) is 0. The fourth-order valence-electron chi connectivity index (χ4n) is 1.93. The quantitative estimate of drug-likeness (QED) is 0.325. The number of allylic oxidation sites excluding steroid dienone is 1. The minimum Gasteiger partial charge on any atom is -0.506 e. The molecule has 0 atom stereocenters. The van der Waals surface area contributed by atoms with Crippen LogP contribution in [0.2, 0.25) is 0 Å². The molecule has 9 heteroatoms. The zero-order chi connectivity index (χ0) is 17.7. The van der Waals surface area contributed by atoms with Gasteiger partial charge in [-0.3, -0.25) is 0 Å². The van der Waals surface area contributed by atoms with Crippen molar-refractivity contribution < 1.29 is 5.11 Å². The molecule has 1 aromatic heterocycles. The Kier molecular flexibility index (Phi) is 5.77. The van der Waals surface area contributed by atoms with Crippen molar-refractivity contribution in [3.63, 3.8) is 0 Å². The normalized spacial score (nSPS) is 12.1. The molecule has 2 rings (SSSR count). The van der Waals surface area contributed by atoms with E-state index >= 15 is 0 Å². The molecular formula is C15H14Cl3N5O. The Morgan fingerprint density at radius 3 is 2.62 bits per heavy atom. The molecule has 0 bridgehead atoms. The number of nitrogens with zero attached hydrogens (tertiary/aromatic N) is 3. The van der Waals surface area contributed by atoms with Gasteiger partial charge in [-0.15, -0.1) is 5.10 Å². The molecule has 0 aliphatic rings. The molecule has 126 valence electrons. The zero-order valence-electron chi connectivity index (χ0n) is 12.3. The Morgan fingerprint density at radius 1 is 1.21 bits per heavy atom. The molecule has 0 saturated heterocycles. The Bertz CT molecular complexity index is 802. The third-order valence-corrected chi connectivity index (χ3v) is 3.53. The van der Waals surface area contributed by atoms with Gasteiger partial charge in [0.1, 0.15) is 5.75 Å². The van der Waals surface area contributed by atoms with Gasteiger partial charge >= 0.3 is 0 Å². The lowest BCUT2D eigenvalue weighted by Gasteiger charge is -2.14. The Labute approximate surface area is 153 Å². The zero-order valence-corrected chi connectivity index (χ0v) is 14.5. The maximum absolute atomic E-state index is 9.78. The van der Waals surface area contributed by atoms with Crippen LogP contribution in [0.25, 0.3) is 11.8 Å². The molecule has 0 radical (unpaired) electrons. The third-order valence-electron chi connectivity index (χ3n) is 2.88. The van der Waals surface area contributed by atoms with Crippen LogP contribution in [-0.2, 0) is 3.79 Å². The molecule has 0 amide bonds. The molecule has 2 aromatic rings. The highest BCUT2D eigenvalue weighted by Crippen LogP contribution is 2.39. The van der Waals surface area contributed by atoms with E-state index in [9.17, 15) is 5.11 Å². The lowest BCUT2D eigenvalue weighted by atomic mass is 10.2. The number of halogens is 3. The smallest absolute Gasteiger partial charge is 0.216 e. The molecule has 0 unspecified atom stereocenters. The van der Waals surface area contributed by atoms with Gasteiger partial charge in [-0.2, -0.15) is 5.10 Å². The number of hydrogen-bond donors (Lipinski definition) is 3. The second kappa shape index (κ2) is 7.61. The molecule has 5 N–H and O–H groups in total. The second-order valence-corrected chi connectivity index (χ2v) is 6.97. The number of aromatic nitrogens is 1. The topological polar surface area (TPSA) is 102 Å². The summed E-state index contributed by atoms with van der Waals surface area (Å²) >= 11 is 17.7. The highest BCUT2D eigenvalue weighted by atomic mass is 35.6. The number of benzene rings is 1. The van der Waals surface area contributed by atoms with Crippen molar-refractivity contribution in [2.45, 2.75) is 3.79 Å². The molecule has 0 spiro atoms. The van der Waals surface area contributed by atoms with Crippen molar-refractivity contribution in [1.82, 2.24) is 4.57 Å². The van der Waals surface area contributed by atoms with Crippen LogP contribution in [-0.4, -0.2) is 21.8 Å². The summed E-state index contributed by atoms with van der Waals surface area (Å²) in [6.45, 7) is 0. The van der Waals surface area contributed by atoms with Crippen LogP contribution < -0.4 is 11.5 Å². The van der Waals surface area contributed by atoms with Crippen molar-refractivity contribution >= 4 is 53.1 Å². The molecule has 0 fully saturated rings. The van der Waals surface area contributed by atoms with E-state index in [-0.39, 0.29) is 11.7 Å². The van der Waals surface area contributed by atoms with E-state index in [1.54, 1.807) is 47.2 Å². The minimum absolute atomic E-state index is 0.0927. The first-order valence-electron chi connectivity index (χ1n) is 6.65. The summed E-state index contributed by atoms with van der Waals surface area (Å²) in [6, 6.07) is 8.59. The Balaban J connectivity index is 2.34. The maximum atomic E-state index is 9.78. The Morgan fingerprint density at radius 2 is 1.96 bits per heavy atom. The van der Waals surface area contributed by atoms with E-state index in [1.807, 2.05) is 6.07 Å². The predicted octanol–water partition coefficient (Wildman–Crippen LogP) is 3.28. The predicted molar refractivity (Wildman–Crippen MR) is 100 cm³/mol. The summed E-state index contributed by atoms with van der Waals surface area (Å²) in [5.74, 6) is -0.0423. The van der Waals surface area contributed by atoms with Gasteiger partial charge in [-0.25, -0.2) is 0 Å². The van der Waals surface area contributed by atoms with E-state index < -0.39 is 3.79 Å². The van der Waals surface area contributed by atoms with Crippen molar-refractivity contribution in [2.24, 2.45) is 21.7 Å². The summed E-state index contributed by atoms with van der Waals surface area (Å²) in [6.07, 6.45) is 6.29. The van der Waals surface area contributed by atoms with Gasteiger partial charge in [0.15, 0.2) is 0 Å². The van der Waals surface area contributed by atoms with E-state index in [4.69, 9.17) is 46.3 Å². The number of aromatic hydroxyl groups is 1. The van der Waals surface area contributed by atoms with E-state index in [1.165, 1.54) is 6.21 Å². The van der Waals surface area contributed by atoms with Crippen LogP contribution in [0.15, 0.2) is 52.8 Å². The Hall–Kier alpha value is -2.15. The number of alkyl halides is 3. The van der Waals surface area contributed by atoms with Gasteiger partial charge < -0.3 is 21.1 Å². The molecule has 0 aliphatic heterocycles. The standard InChI is InChI=1S/C15H14Cl3N5O/c16-15(17,18)10-3-1-4-11(7-10)23-9-13(24)8-12(23)5-2-6-21-22-14(19)20/h1-9,24H,(H4,19,20,22)/b5-2+,21-6+. The van der Waals surface area contributed by atoms with Crippen LogP contribution >= 0.6 is 34.8 Å². The lowest BCUT2D eigenvalue weighted by molar-refractivity contribution is 0.475. The van der Waals surface area contributed by atoms with Crippen LogP contribution in [0, 0.1) is 0 Å². The van der Waals surface area contributed by atoms with Crippen LogP contribution in [0.1, 0.15) is 11.3 Å². The number of guanidine groups is 1. The third kappa shape index (κ3) is 4.92. The summed E-state index contributed by atoms with van der Waals surface area (Å²) < 4.78 is 0.203. The number of nitrogens with two attached hydrogens (primary N) is 2. The van der Waals surface area contributed by atoms with Crippen molar-refractivity contribution in [3.05, 3.63) is 53.9 Å². The molecular weight excluding hydrogens is 373 g/mol. The summed E-state index contributed by atoms with van der Waals surface area (Å²) in [5, 5.41) is 16.9. The SMILES string of the molecule is NC(N)=N/N=C/C=C/c1cc(O)cn1-c1cccc(C(Cl)(Cl)Cl)c1. The molecule has 0 aliphatic carbocycles. The highest BCUT2D eigenvalue weighted by Gasteiger charge is 2.23. The van der Waals surface area contributed by atoms with Gasteiger partial charge in [0.2, 0.25) is 9.75 Å². The van der Waals surface area contributed by atoms with Crippen LogP contribution in [0.5, 0.6) is 5.75 Å². The molecule has 6 nitrogen and oxygen atoms in total. The monoisotopic (exact) mass is 385 g/mol. The fourth-order valence-corrected chi connectivity index (χ4v) is 2.28. The largest absolute Gasteiger partial charge is 0.506 e. The minimum atomic E-state index is -1.53. The molecule has 24 heavy (non-hydrogen) atoms. The van der Waals surface area contributed by atoms with Gasteiger partial charge in [0.25, 0.3) is 0 Å². The van der Waals surface area contributed by atoms with Crippen LogP contribution in [0.4, 0.5) is 0 Å². The van der Waals surface area contributed by atoms with Gasteiger partial charge in [0, 0.05) is 29.2 Å². The average Bonchev–Trinajstić information content (AvgIpc) is 2.87. The molecule has 1 heterocycles. The highest BCUT2D eigenvalue weighted by molar-refractivity contribution is 6.66. The number of hydrogen-bond acceptors (Lipinski definition) is 3. The van der Waals surface area contributed by atoms with E-state index in [2.05, 4.69) is 10.2 Å². The average molecular weight is 387 g/mol. The summed E-state index contributed by atoms with van der Waals surface area (Å²) in [5.41, 5.74) is 12.2. The lowest BCUT2D eigenvalue weighted by Crippen LogP contribution is -2.21. The van der Waals surface area contributed by atoms with Crippen molar-refractivity contribution in [3.8, 4) is 11.4 Å². The first-order valence-corrected chi connectivity index (χ1v) is 7.78. The fraction of sp³-hybridized carbons (Fsp3) is 0.0667. The van der Waals surface area contributed by atoms with Gasteiger partial charge in [-0.1, -0.05) is 46.9 Å². The molecule has 0 saturated carbocycles. The van der Waals surface area contributed by atoms with E-state index in [0.717, 1.165) is 5.69 Å². The second-order valence-electron chi connectivity index (χ2n) is 4.69. The van der Waals surface area contributed by atoms with Crippen molar-refractivity contribution in [1.29, 1.82) is 0 Å². The summed E-state index contributed by atoms with van der Waals surface area (Å²) in [4.78, 5) is 0. The number of rotatable bonds is 4. The van der Waals surface area contributed by atoms with E-state index in [0.29, 0.717) is 11.3 Å². The maximum Gasteiger partial charge on any atom is 0.216 e. The van der Waals surface area contributed by atoms with Gasteiger partial charge in [0.05, 0.1) is 6.20 Å².